The molecular weight excluding hydrogens is 231 g/mol. The first-order valence-electron chi connectivity index (χ1n) is 4.40. The molecular formula is C12H8ClFS. The van der Waals surface area contributed by atoms with E-state index < -0.39 is 0 Å². The Morgan fingerprint density at radius 2 is 1.80 bits per heavy atom. The summed E-state index contributed by atoms with van der Waals surface area (Å²) in [6.45, 7) is 0. The Morgan fingerprint density at radius 3 is 2.47 bits per heavy atom. The molecule has 0 fully saturated rings. The lowest BCUT2D eigenvalue weighted by molar-refractivity contribution is 0.628. The summed E-state index contributed by atoms with van der Waals surface area (Å²) in [6, 6.07) is 12.0. The molecule has 2 aromatic rings. The summed E-state index contributed by atoms with van der Waals surface area (Å²) in [5.41, 5.74) is 1.67. The van der Waals surface area contributed by atoms with Gasteiger partial charge in [0.2, 0.25) is 0 Å². The van der Waals surface area contributed by atoms with Gasteiger partial charge in [-0.2, -0.15) is 0 Å². The van der Waals surface area contributed by atoms with Crippen LogP contribution < -0.4 is 0 Å². The van der Waals surface area contributed by atoms with Gasteiger partial charge in [0.25, 0.3) is 0 Å². The largest absolute Gasteiger partial charge is 0.207 e. The van der Waals surface area contributed by atoms with Crippen molar-refractivity contribution >= 4 is 24.2 Å². The van der Waals surface area contributed by atoms with Crippen molar-refractivity contribution in [2.45, 2.75) is 4.90 Å². The van der Waals surface area contributed by atoms with Crippen LogP contribution in [0.5, 0.6) is 0 Å². The average Bonchev–Trinajstić information content (AvgIpc) is 2.16. The molecule has 0 nitrogen and oxygen atoms in total. The molecule has 2 rings (SSSR count). The summed E-state index contributed by atoms with van der Waals surface area (Å²) in [7, 11) is 0. The number of benzene rings is 2. The molecule has 0 aliphatic heterocycles. The quantitative estimate of drug-likeness (QED) is 0.698. The Hall–Kier alpha value is -0.990. The summed E-state index contributed by atoms with van der Waals surface area (Å²) in [4.78, 5) is 0.841. The number of thiol groups is 1. The van der Waals surface area contributed by atoms with E-state index in [0.717, 1.165) is 16.0 Å². The van der Waals surface area contributed by atoms with Gasteiger partial charge < -0.3 is 0 Å². The van der Waals surface area contributed by atoms with Crippen molar-refractivity contribution in [1.82, 2.24) is 0 Å². The lowest BCUT2D eigenvalue weighted by Gasteiger charge is -2.03. The van der Waals surface area contributed by atoms with Crippen LogP contribution in [0.25, 0.3) is 11.1 Å². The zero-order valence-corrected chi connectivity index (χ0v) is 9.39. The highest BCUT2D eigenvalue weighted by Crippen LogP contribution is 2.25. The molecule has 0 aliphatic carbocycles. The fourth-order valence-electron chi connectivity index (χ4n) is 1.41. The molecule has 0 saturated carbocycles. The van der Waals surface area contributed by atoms with Gasteiger partial charge in [0.05, 0.1) is 0 Å². The maximum Gasteiger partial charge on any atom is 0.125 e. The first kappa shape index (κ1) is 10.5. The van der Waals surface area contributed by atoms with Gasteiger partial charge in [-0.25, -0.2) is 4.39 Å². The van der Waals surface area contributed by atoms with Gasteiger partial charge in [0, 0.05) is 9.92 Å². The van der Waals surface area contributed by atoms with E-state index >= 15 is 0 Å². The van der Waals surface area contributed by atoms with Crippen LogP contribution in [0.3, 0.4) is 0 Å². The van der Waals surface area contributed by atoms with Gasteiger partial charge in [0.1, 0.15) is 5.82 Å². The van der Waals surface area contributed by atoms with E-state index in [9.17, 15) is 4.39 Å². The fourth-order valence-corrected chi connectivity index (χ4v) is 1.85. The second-order valence-electron chi connectivity index (χ2n) is 3.21. The van der Waals surface area contributed by atoms with Crippen LogP contribution in [0, 0.1) is 5.82 Å². The zero-order valence-electron chi connectivity index (χ0n) is 7.74. The molecule has 0 bridgehead atoms. The minimum atomic E-state index is -0.331. The minimum absolute atomic E-state index is 0.331. The van der Waals surface area contributed by atoms with Gasteiger partial charge in [-0.1, -0.05) is 23.7 Å². The van der Waals surface area contributed by atoms with Crippen molar-refractivity contribution in [1.29, 1.82) is 0 Å². The molecule has 0 aliphatic rings. The van der Waals surface area contributed by atoms with E-state index in [-0.39, 0.29) is 5.82 Å². The highest BCUT2D eigenvalue weighted by Gasteiger charge is 2.02. The summed E-state index contributed by atoms with van der Waals surface area (Å²) in [5, 5.41) is 0.398. The van der Waals surface area contributed by atoms with E-state index in [1.165, 1.54) is 12.1 Å². The maximum absolute atomic E-state index is 13.1. The van der Waals surface area contributed by atoms with Gasteiger partial charge in [-0.15, -0.1) is 12.6 Å². The van der Waals surface area contributed by atoms with E-state index in [4.69, 9.17) is 11.6 Å². The van der Waals surface area contributed by atoms with Crippen LogP contribution in [-0.4, -0.2) is 0 Å². The standard InChI is InChI=1S/C12H8ClFS/c13-10-4-9(5-11(14)7-10)8-2-1-3-12(15)6-8/h1-7,15H. The molecule has 0 spiro atoms. The van der Waals surface area contributed by atoms with Crippen molar-refractivity contribution in [2.24, 2.45) is 0 Å². The smallest absolute Gasteiger partial charge is 0.125 e. The third kappa shape index (κ3) is 2.52. The highest BCUT2D eigenvalue weighted by molar-refractivity contribution is 7.80. The molecule has 0 N–H and O–H groups in total. The Labute approximate surface area is 98.1 Å². The van der Waals surface area contributed by atoms with E-state index in [0.29, 0.717) is 5.02 Å². The first-order valence-corrected chi connectivity index (χ1v) is 5.23. The Morgan fingerprint density at radius 1 is 1.00 bits per heavy atom. The van der Waals surface area contributed by atoms with E-state index in [1.807, 2.05) is 24.3 Å². The van der Waals surface area contributed by atoms with Gasteiger partial charge >= 0.3 is 0 Å². The lowest BCUT2D eigenvalue weighted by Crippen LogP contribution is -1.81. The van der Waals surface area contributed by atoms with Crippen LogP contribution >= 0.6 is 24.2 Å². The van der Waals surface area contributed by atoms with Crippen molar-refractivity contribution in [3.05, 3.63) is 53.3 Å². The van der Waals surface area contributed by atoms with Gasteiger partial charge in [0.15, 0.2) is 0 Å². The van der Waals surface area contributed by atoms with Crippen molar-refractivity contribution in [2.75, 3.05) is 0 Å². The SMILES string of the molecule is Fc1cc(Cl)cc(-c2cccc(S)c2)c1. The third-order valence-corrected chi connectivity index (χ3v) is 2.54. The van der Waals surface area contributed by atoms with Crippen molar-refractivity contribution in [3.63, 3.8) is 0 Å². The number of hydrogen-bond donors (Lipinski definition) is 1. The van der Waals surface area contributed by atoms with Crippen molar-refractivity contribution < 1.29 is 4.39 Å². The summed E-state index contributed by atoms with van der Waals surface area (Å²) < 4.78 is 13.1. The second-order valence-corrected chi connectivity index (χ2v) is 4.16. The van der Waals surface area contributed by atoms with Crippen LogP contribution in [0.1, 0.15) is 0 Å². The summed E-state index contributed by atoms with van der Waals surface area (Å²) in [6.07, 6.45) is 0. The second kappa shape index (κ2) is 4.25. The number of halogens is 2. The molecule has 0 unspecified atom stereocenters. The predicted molar refractivity (Wildman–Crippen MR) is 64.1 cm³/mol. The van der Waals surface area contributed by atoms with E-state index in [2.05, 4.69) is 12.6 Å². The Bertz CT molecular complexity index is 476. The molecule has 0 saturated heterocycles. The van der Waals surface area contributed by atoms with Crippen LogP contribution in [-0.2, 0) is 0 Å². The van der Waals surface area contributed by atoms with Crippen molar-refractivity contribution in [3.8, 4) is 11.1 Å². The molecule has 0 radical (unpaired) electrons. The van der Waals surface area contributed by atoms with E-state index in [1.54, 1.807) is 6.07 Å². The topological polar surface area (TPSA) is 0 Å². The van der Waals surface area contributed by atoms with Gasteiger partial charge in [-0.05, 0) is 41.5 Å². The molecule has 15 heavy (non-hydrogen) atoms. The van der Waals surface area contributed by atoms with Gasteiger partial charge in [-0.3, -0.25) is 0 Å². The monoisotopic (exact) mass is 238 g/mol. The lowest BCUT2D eigenvalue weighted by atomic mass is 10.1. The molecule has 0 atom stereocenters. The molecule has 0 aromatic heterocycles. The summed E-state index contributed by atoms with van der Waals surface area (Å²) in [5.74, 6) is -0.331. The van der Waals surface area contributed by atoms with Crippen LogP contribution in [0.2, 0.25) is 5.02 Å². The highest BCUT2D eigenvalue weighted by atomic mass is 35.5. The minimum Gasteiger partial charge on any atom is -0.207 e. The molecule has 76 valence electrons. The molecule has 0 amide bonds. The average molecular weight is 239 g/mol. The number of hydrogen-bond acceptors (Lipinski definition) is 1. The molecule has 3 heteroatoms. The Kier molecular flexibility index (Phi) is 2.98. The normalized spacial score (nSPS) is 10.3. The predicted octanol–water partition coefficient (Wildman–Crippen LogP) is 4.43. The third-order valence-electron chi connectivity index (χ3n) is 2.04. The first-order chi connectivity index (χ1) is 7.15. The molecule has 0 heterocycles. The summed E-state index contributed by atoms with van der Waals surface area (Å²) >= 11 is 10.0. The Balaban J connectivity index is 2.54. The van der Waals surface area contributed by atoms with Crippen LogP contribution in [0.15, 0.2) is 47.4 Å². The van der Waals surface area contributed by atoms with Crippen LogP contribution in [0.4, 0.5) is 4.39 Å². The molecule has 2 aromatic carbocycles. The fraction of sp³-hybridized carbons (Fsp3) is 0. The maximum atomic E-state index is 13.1. The number of rotatable bonds is 1. The zero-order chi connectivity index (χ0) is 10.8.